The number of aromatic nitrogens is 1. The summed E-state index contributed by atoms with van der Waals surface area (Å²) < 4.78 is 5.72. The van der Waals surface area contributed by atoms with Gasteiger partial charge in [0.05, 0.1) is 17.0 Å². The molecular weight excluding hydrogens is 332 g/mol. The fourth-order valence-corrected chi connectivity index (χ4v) is 3.51. The fraction of sp³-hybridized carbons (Fsp3) is 0.238. The standard InChI is InChI=1S/C21H19ClN2O/c1-12(2)19-21-18(13(3)24-25-21)16-6-4-5-7-17(16)20(23-19)14-8-10-15(22)11-9-14/h4-12,19H,1-3H3. The number of benzene rings is 2. The second kappa shape index (κ2) is 6.16. The number of nitrogens with zero attached hydrogens (tertiary/aromatic N) is 2. The molecule has 0 bridgehead atoms. The summed E-state index contributed by atoms with van der Waals surface area (Å²) in [6.07, 6.45) is 0. The highest BCUT2D eigenvalue weighted by Gasteiger charge is 2.31. The van der Waals surface area contributed by atoms with Gasteiger partial charge in [0, 0.05) is 16.1 Å². The predicted octanol–water partition coefficient (Wildman–Crippen LogP) is 5.85. The number of halogens is 1. The van der Waals surface area contributed by atoms with Gasteiger partial charge >= 0.3 is 0 Å². The largest absolute Gasteiger partial charge is 0.358 e. The number of fused-ring (bicyclic) bond motifs is 3. The molecule has 0 radical (unpaired) electrons. The Labute approximate surface area is 152 Å². The zero-order valence-electron chi connectivity index (χ0n) is 14.5. The average Bonchev–Trinajstić information content (AvgIpc) is 2.90. The van der Waals surface area contributed by atoms with Crippen molar-refractivity contribution in [1.29, 1.82) is 0 Å². The Bertz CT molecular complexity index is 954. The first-order valence-electron chi connectivity index (χ1n) is 8.46. The molecule has 4 heteroatoms. The molecule has 1 aromatic heterocycles. The highest BCUT2D eigenvalue weighted by Crippen LogP contribution is 2.42. The Morgan fingerprint density at radius 1 is 1.00 bits per heavy atom. The van der Waals surface area contributed by atoms with Gasteiger partial charge in [-0.05, 0) is 30.5 Å². The van der Waals surface area contributed by atoms with Crippen LogP contribution in [0.2, 0.25) is 5.02 Å². The Morgan fingerprint density at radius 2 is 1.68 bits per heavy atom. The van der Waals surface area contributed by atoms with E-state index in [4.69, 9.17) is 21.1 Å². The molecule has 2 aromatic carbocycles. The second-order valence-electron chi connectivity index (χ2n) is 6.73. The first-order chi connectivity index (χ1) is 12.1. The lowest BCUT2D eigenvalue weighted by molar-refractivity contribution is 0.332. The van der Waals surface area contributed by atoms with Crippen LogP contribution >= 0.6 is 11.6 Å². The van der Waals surface area contributed by atoms with E-state index in [2.05, 4.69) is 31.1 Å². The zero-order chi connectivity index (χ0) is 17.6. The summed E-state index contributed by atoms with van der Waals surface area (Å²) in [6.45, 7) is 6.31. The van der Waals surface area contributed by atoms with Crippen molar-refractivity contribution in [3.05, 3.63) is 76.1 Å². The molecule has 0 saturated heterocycles. The maximum Gasteiger partial charge on any atom is 0.169 e. The fourth-order valence-electron chi connectivity index (χ4n) is 3.38. The first-order valence-corrected chi connectivity index (χ1v) is 8.83. The molecule has 0 fully saturated rings. The van der Waals surface area contributed by atoms with E-state index in [1.807, 2.05) is 43.3 Å². The van der Waals surface area contributed by atoms with Crippen LogP contribution < -0.4 is 0 Å². The SMILES string of the molecule is Cc1noc2c1-c1ccccc1C(c1ccc(Cl)cc1)=NC2C(C)C. The molecule has 4 rings (SSSR count). The van der Waals surface area contributed by atoms with Gasteiger partial charge in [-0.25, -0.2) is 0 Å². The molecule has 126 valence electrons. The van der Waals surface area contributed by atoms with Gasteiger partial charge in [0.2, 0.25) is 0 Å². The van der Waals surface area contributed by atoms with E-state index in [-0.39, 0.29) is 6.04 Å². The summed E-state index contributed by atoms with van der Waals surface area (Å²) >= 11 is 6.08. The van der Waals surface area contributed by atoms with E-state index in [0.29, 0.717) is 5.92 Å². The smallest absolute Gasteiger partial charge is 0.169 e. The predicted molar refractivity (Wildman–Crippen MR) is 101 cm³/mol. The van der Waals surface area contributed by atoms with Crippen LogP contribution in [0.5, 0.6) is 0 Å². The Balaban J connectivity index is 2.03. The highest BCUT2D eigenvalue weighted by atomic mass is 35.5. The summed E-state index contributed by atoms with van der Waals surface area (Å²) in [7, 11) is 0. The van der Waals surface area contributed by atoms with Crippen LogP contribution in [0.3, 0.4) is 0 Å². The first kappa shape index (κ1) is 16.1. The Morgan fingerprint density at radius 3 is 2.36 bits per heavy atom. The molecule has 0 aliphatic carbocycles. The van der Waals surface area contributed by atoms with E-state index < -0.39 is 0 Å². The summed E-state index contributed by atoms with van der Waals surface area (Å²) in [5.74, 6) is 1.15. The third-order valence-corrected chi connectivity index (χ3v) is 4.88. The molecule has 1 aliphatic heterocycles. The van der Waals surface area contributed by atoms with E-state index >= 15 is 0 Å². The highest BCUT2D eigenvalue weighted by molar-refractivity contribution is 6.30. The summed E-state index contributed by atoms with van der Waals surface area (Å²) in [5, 5.41) is 4.94. The van der Waals surface area contributed by atoms with Gasteiger partial charge in [0.25, 0.3) is 0 Å². The number of hydrogen-bond acceptors (Lipinski definition) is 3. The van der Waals surface area contributed by atoms with Crippen LogP contribution in [0, 0.1) is 12.8 Å². The molecule has 1 aliphatic rings. The number of rotatable bonds is 2. The van der Waals surface area contributed by atoms with Crippen molar-refractivity contribution in [3.8, 4) is 11.1 Å². The lowest BCUT2D eigenvalue weighted by atomic mass is 9.92. The summed E-state index contributed by atoms with van der Waals surface area (Å²) in [5.41, 5.74) is 6.21. The van der Waals surface area contributed by atoms with Crippen LogP contribution in [-0.4, -0.2) is 10.9 Å². The van der Waals surface area contributed by atoms with Crippen LogP contribution in [-0.2, 0) is 0 Å². The molecular formula is C21H19ClN2O. The number of aryl methyl sites for hydroxylation is 1. The molecule has 0 saturated carbocycles. The molecule has 2 heterocycles. The maximum atomic E-state index is 6.08. The third-order valence-electron chi connectivity index (χ3n) is 4.63. The van der Waals surface area contributed by atoms with Gasteiger partial charge in [0.15, 0.2) is 5.76 Å². The van der Waals surface area contributed by atoms with Gasteiger partial charge in [0.1, 0.15) is 6.04 Å². The van der Waals surface area contributed by atoms with Gasteiger partial charge in [-0.15, -0.1) is 0 Å². The van der Waals surface area contributed by atoms with Crippen molar-refractivity contribution < 1.29 is 4.52 Å². The summed E-state index contributed by atoms with van der Waals surface area (Å²) in [6, 6.07) is 16.1. The Kier molecular flexibility index (Phi) is 3.97. The van der Waals surface area contributed by atoms with Crippen LogP contribution in [0.15, 0.2) is 58.0 Å². The molecule has 0 spiro atoms. The molecule has 1 unspecified atom stereocenters. The minimum atomic E-state index is -0.0747. The molecule has 25 heavy (non-hydrogen) atoms. The molecule has 1 atom stereocenters. The van der Waals surface area contributed by atoms with Crippen molar-refractivity contribution in [2.24, 2.45) is 10.9 Å². The zero-order valence-corrected chi connectivity index (χ0v) is 15.2. The number of aliphatic imine (C=N–C) groups is 1. The monoisotopic (exact) mass is 350 g/mol. The van der Waals surface area contributed by atoms with E-state index in [0.717, 1.165) is 44.4 Å². The Hall–Kier alpha value is -2.39. The number of hydrogen-bond donors (Lipinski definition) is 0. The minimum absolute atomic E-state index is 0.0747. The third kappa shape index (κ3) is 2.69. The van der Waals surface area contributed by atoms with Crippen LogP contribution in [0.1, 0.15) is 42.5 Å². The normalized spacial score (nSPS) is 16.2. The molecule has 0 amide bonds. The lowest BCUT2D eigenvalue weighted by Crippen LogP contribution is -2.08. The van der Waals surface area contributed by atoms with Crippen LogP contribution in [0.25, 0.3) is 11.1 Å². The van der Waals surface area contributed by atoms with Crippen molar-refractivity contribution in [1.82, 2.24) is 5.16 Å². The van der Waals surface area contributed by atoms with Crippen molar-refractivity contribution in [2.75, 3.05) is 0 Å². The van der Waals surface area contributed by atoms with Gasteiger partial charge < -0.3 is 4.52 Å². The van der Waals surface area contributed by atoms with Crippen molar-refractivity contribution in [3.63, 3.8) is 0 Å². The quantitative estimate of drug-likeness (QED) is 0.581. The topological polar surface area (TPSA) is 38.4 Å². The van der Waals surface area contributed by atoms with Gasteiger partial charge in [-0.3, -0.25) is 4.99 Å². The minimum Gasteiger partial charge on any atom is -0.358 e. The lowest BCUT2D eigenvalue weighted by Gasteiger charge is -2.15. The van der Waals surface area contributed by atoms with Gasteiger partial charge in [-0.2, -0.15) is 0 Å². The van der Waals surface area contributed by atoms with E-state index in [1.54, 1.807) is 0 Å². The van der Waals surface area contributed by atoms with Crippen molar-refractivity contribution >= 4 is 17.3 Å². The molecule has 0 N–H and O–H groups in total. The van der Waals surface area contributed by atoms with Gasteiger partial charge in [-0.1, -0.05) is 67.0 Å². The van der Waals surface area contributed by atoms with Crippen LogP contribution in [0.4, 0.5) is 0 Å². The maximum absolute atomic E-state index is 6.08. The second-order valence-corrected chi connectivity index (χ2v) is 7.16. The van der Waals surface area contributed by atoms with E-state index in [1.165, 1.54) is 0 Å². The average molecular weight is 351 g/mol. The molecule has 3 nitrogen and oxygen atoms in total. The van der Waals surface area contributed by atoms with Crippen molar-refractivity contribution in [2.45, 2.75) is 26.8 Å². The summed E-state index contributed by atoms with van der Waals surface area (Å²) in [4.78, 5) is 5.11. The van der Waals surface area contributed by atoms with E-state index in [9.17, 15) is 0 Å². The molecule has 3 aromatic rings.